The van der Waals surface area contributed by atoms with Crippen LogP contribution in [0.1, 0.15) is 22.3 Å². The second-order valence-corrected chi connectivity index (χ2v) is 19.1. The Balaban J connectivity index is 1.04. The Morgan fingerprint density at radius 1 is 0.289 bits per heavy atom. The van der Waals surface area contributed by atoms with Gasteiger partial charge in [-0.15, -0.1) is 0 Å². The van der Waals surface area contributed by atoms with Crippen LogP contribution in [-0.2, 0) is 5.41 Å². The third-order valence-corrected chi connectivity index (χ3v) is 14.8. The number of hydrogen-bond acceptors (Lipinski definition) is 6. The van der Waals surface area contributed by atoms with Crippen LogP contribution < -0.4 is 14.5 Å². The van der Waals surface area contributed by atoms with Crippen molar-refractivity contribution in [1.82, 2.24) is 15.0 Å². The lowest BCUT2D eigenvalue weighted by molar-refractivity contribution is 0.434. The van der Waals surface area contributed by atoms with E-state index in [1.165, 1.54) is 11.1 Å². The first-order valence-electron chi connectivity index (χ1n) is 25.7. The molecule has 0 atom stereocenters. The van der Waals surface area contributed by atoms with Gasteiger partial charge in [-0.25, -0.2) is 15.0 Å². The molecule has 0 saturated heterocycles. The van der Waals surface area contributed by atoms with Gasteiger partial charge in [0.05, 0.1) is 16.8 Å². The highest BCUT2D eigenvalue weighted by molar-refractivity contribution is 5.94. The molecule has 1 aromatic heterocycles. The largest absolute Gasteiger partial charge is 0.457 e. The van der Waals surface area contributed by atoms with Crippen molar-refractivity contribution in [1.29, 1.82) is 0 Å². The molecule has 2 aliphatic rings. The van der Waals surface area contributed by atoms with Crippen LogP contribution in [0.4, 0.5) is 34.1 Å². The highest BCUT2D eigenvalue weighted by Gasteiger charge is 2.51. The molecule has 0 fully saturated rings. The average molecular weight is 974 g/mol. The predicted octanol–water partition coefficient (Wildman–Crippen LogP) is 17.9. The Hall–Kier alpha value is -10.2. The molecule has 3 heterocycles. The van der Waals surface area contributed by atoms with E-state index < -0.39 is 5.41 Å². The van der Waals surface area contributed by atoms with E-state index in [9.17, 15) is 0 Å². The fraction of sp³-hybridized carbons (Fsp3) is 0.0143. The van der Waals surface area contributed by atoms with Gasteiger partial charge in [-0.3, -0.25) is 0 Å². The van der Waals surface area contributed by atoms with Crippen molar-refractivity contribution in [3.05, 3.63) is 307 Å². The maximum absolute atomic E-state index is 6.95. The summed E-state index contributed by atoms with van der Waals surface area (Å²) in [6.07, 6.45) is 0. The summed E-state index contributed by atoms with van der Waals surface area (Å²) in [7, 11) is 0. The van der Waals surface area contributed by atoms with E-state index in [0.717, 1.165) is 95.7 Å². The Morgan fingerprint density at radius 3 is 1.13 bits per heavy atom. The van der Waals surface area contributed by atoms with Crippen LogP contribution in [0.2, 0.25) is 0 Å². The molecule has 0 aliphatic carbocycles. The van der Waals surface area contributed by atoms with Gasteiger partial charge in [-0.2, -0.15) is 0 Å². The van der Waals surface area contributed by atoms with Crippen molar-refractivity contribution in [2.75, 3.05) is 9.80 Å². The molecule has 12 aromatic rings. The van der Waals surface area contributed by atoms with Gasteiger partial charge in [-0.1, -0.05) is 200 Å². The van der Waals surface area contributed by atoms with Crippen LogP contribution in [0.5, 0.6) is 11.5 Å². The van der Waals surface area contributed by atoms with Gasteiger partial charge in [0.1, 0.15) is 11.5 Å². The van der Waals surface area contributed by atoms with Gasteiger partial charge in [0.15, 0.2) is 17.5 Å². The predicted molar refractivity (Wildman–Crippen MR) is 308 cm³/mol. The van der Waals surface area contributed by atoms with Crippen LogP contribution in [0.15, 0.2) is 285 Å². The Labute approximate surface area is 442 Å². The van der Waals surface area contributed by atoms with Crippen LogP contribution in [0.25, 0.3) is 56.4 Å². The Kier molecular flexibility index (Phi) is 11.0. The second kappa shape index (κ2) is 18.7. The highest BCUT2D eigenvalue weighted by atomic mass is 16.5. The lowest BCUT2D eigenvalue weighted by atomic mass is 9.61. The SMILES string of the molecule is c1ccc(-c2ccc(N(c3ccc(-c4ccccc4)cc3)c3ccc4c(c3)C3(c5ccccc5Oc5ccccc53)c3cc(-c5nc(-c6ccccc6)nc(-c6ccccc6)n5)ccc3N4c3ccccc3)cc2)cc1. The summed E-state index contributed by atoms with van der Waals surface area (Å²) in [5.74, 6) is 3.38. The number of para-hydroxylation sites is 3. The molecule has 14 rings (SSSR count). The average Bonchev–Trinajstić information content (AvgIpc) is 3.66. The summed E-state index contributed by atoms with van der Waals surface area (Å²) >= 11 is 0. The summed E-state index contributed by atoms with van der Waals surface area (Å²) in [5.41, 5.74) is 16.9. The van der Waals surface area contributed by atoms with Gasteiger partial charge < -0.3 is 14.5 Å². The first kappa shape index (κ1) is 44.5. The van der Waals surface area contributed by atoms with E-state index in [1.54, 1.807) is 0 Å². The normalized spacial score (nSPS) is 12.7. The topological polar surface area (TPSA) is 54.4 Å². The third kappa shape index (κ3) is 7.62. The molecule has 11 aromatic carbocycles. The zero-order chi connectivity index (χ0) is 50.4. The lowest BCUT2D eigenvalue weighted by Crippen LogP contribution is -2.40. The van der Waals surface area contributed by atoms with E-state index in [0.29, 0.717) is 17.5 Å². The van der Waals surface area contributed by atoms with Gasteiger partial charge in [0.25, 0.3) is 0 Å². The van der Waals surface area contributed by atoms with E-state index in [4.69, 9.17) is 19.7 Å². The van der Waals surface area contributed by atoms with E-state index in [1.807, 2.05) is 36.4 Å². The minimum absolute atomic E-state index is 0.578. The molecule has 0 amide bonds. The zero-order valence-corrected chi connectivity index (χ0v) is 41.3. The number of hydrogen-bond donors (Lipinski definition) is 0. The number of aromatic nitrogens is 3. The molecular formula is C70H47N5O. The van der Waals surface area contributed by atoms with Crippen molar-refractivity contribution < 1.29 is 4.74 Å². The number of fused-ring (bicyclic) bond motifs is 8. The molecule has 0 saturated carbocycles. The van der Waals surface area contributed by atoms with Crippen molar-refractivity contribution in [2.45, 2.75) is 5.41 Å². The molecule has 0 N–H and O–H groups in total. The maximum atomic E-state index is 6.95. The minimum atomic E-state index is -0.912. The standard InChI is InChI=1S/C70H47N5O/c1-6-20-48(21-7-1)50-34-39-56(40-35-50)74(57-41-36-51(37-42-57)49-22-8-2-9-23-49)58-43-45-64-62(47-58)70(59-30-16-18-32-65(59)76-66-33-19-17-31-60(66)70)61-46-54(38-44-63(61)75(64)55-28-14-5-15-29-55)69-72-67(52-24-10-3-11-25-52)71-68(73-69)53-26-12-4-13-27-53/h1-47H. The molecule has 6 nitrogen and oxygen atoms in total. The van der Waals surface area contributed by atoms with Gasteiger partial charge in [0.2, 0.25) is 0 Å². The van der Waals surface area contributed by atoms with Crippen LogP contribution in [-0.4, -0.2) is 15.0 Å². The molecule has 76 heavy (non-hydrogen) atoms. The lowest BCUT2D eigenvalue weighted by Gasteiger charge is -2.49. The third-order valence-electron chi connectivity index (χ3n) is 14.8. The van der Waals surface area contributed by atoms with Crippen molar-refractivity contribution in [3.8, 4) is 67.9 Å². The fourth-order valence-corrected chi connectivity index (χ4v) is 11.3. The second-order valence-electron chi connectivity index (χ2n) is 19.1. The molecule has 6 heteroatoms. The van der Waals surface area contributed by atoms with Crippen molar-refractivity contribution in [2.24, 2.45) is 0 Å². The van der Waals surface area contributed by atoms with Crippen molar-refractivity contribution in [3.63, 3.8) is 0 Å². The first-order valence-corrected chi connectivity index (χ1v) is 25.7. The highest BCUT2D eigenvalue weighted by Crippen LogP contribution is 2.64. The van der Waals surface area contributed by atoms with Gasteiger partial charge >= 0.3 is 0 Å². The summed E-state index contributed by atoms with van der Waals surface area (Å²) in [5, 5.41) is 0. The molecule has 2 aliphatic heterocycles. The van der Waals surface area contributed by atoms with Crippen molar-refractivity contribution >= 4 is 34.1 Å². The molecule has 358 valence electrons. The van der Waals surface area contributed by atoms with E-state index >= 15 is 0 Å². The Bertz CT molecular complexity index is 3870. The molecule has 0 unspecified atom stereocenters. The smallest absolute Gasteiger partial charge is 0.164 e. The van der Waals surface area contributed by atoms with Crippen LogP contribution in [0, 0.1) is 0 Å². The number of nitrogens with zero attached hydrogens (tertiary/aromatic N) is 5. The summed E-state index contributed by atoms with van der Waals surface area (Å²) in [6.45, 7) is 0. The zero-order valence-electron chi connectivity index (χ0n) is 41.3. The quantitative estimate of drug-likeness (QED) is 0.144. The summed E-state index contributed by atoms with van der Waals surface area (Å²) < 4.78 is 6.95. The summed E-state index contributed by atoms with van der Waals surface area (Å²) in [4.78, 5) is 20.4. The molecule has 0 bridgehead atoms. The minimum Gasteiger partial charge on any atom is -0.457 e. The van der Waals surface area contributed by atoms with Gasteiger partial charge in [-0.05, 0) is 118 Å². The van der Waals surface area contributed by atoms with Crippen LogP contribution in [0.3, 0.4) is 0 Å². The number of rotatable bonds is 9. The molecule has 0 radical (unpaired) electrons. The number of ether oxygens (including phenoxy) is 1. The Morgan fingerprint density at radius 2 is 0.645 bits per heavy atom. The fourth-order valence-electron chi connectivity index (χ4n) is 11.3. The van der Waals surface area contributed by atoms with Gasteiger partial charge in [0, 0.05) is 50.6 Å². The van der Waals surface area contributed by atoms with E-state index in [-0.39, 0.29) is 0 Å². The van der Waals surface area contributed by atoms with Crippen LogP contribution >= 0.6 is 0 Å². The van der Waals surface area contributed by atoms with E-state index in [2.05, 4.69) is 259 Å². The molecule has 1 spiro atoms. The number of anilines is 6. The maximum Gasteiger partial charge on any atom is 0.164 e. The summed E-state index contributed by atoms with van der Waals surface area (Å²) in [6, 6.07) is 101. The first-order chi connectivity index (χ1) is 37.7. The monoisotopic (exact) mass is 973 g/mol. The number of benzene rings is 11. The molecular weight excluding hydrogens is 927 g/mol.